The third-order valence-corrected chi connectivity index (χ3v) is 6.21. The lowest BCUT2D eigenvalue weighted by atomic mass is 10.1. The molecule has 0 atom stereocenters. The van der Waals surface area contributed by atoms with Gasteiger partial charge in [-0.15, -0.1) is 0 Å². The number of nitrogens with zero attached hydrogens (tertiary/aromatic N) is 1. The first-order valence-electron chi connectivity index (χ1n) is 8.93. The largest absolute Gasteiger partial charge is 0.545 e. The lowest BCUT2D eigenvalue weighted by Crippen LogP contribution is -2.27. The first-order valence-corrected chi connectivity index (χ1v) is 10.5. The minimum absolute atomic E-state index is 0.0698. The number of carbonyl (C=O) groups excluding carboxylic acids is 2. The predicted molar refractivity (Wildman–Crippen MR) is 119 cm³/mol. The van der Waals surface area contributed by atoms with Crippen molar-refractivity contribution in [3.63, 3.8) is 0 Å². The van der Waals surface area contributed by atoms with E-state index in [1.54, 1.807) is 36.4 Å². The molecule has 4 rings (SSSR count). The van der Waals surface area contributed by atoms with E-state index in [0.29, 0.717) is 26.3 Å². The fraction of sp³-hybridized carbons (Fsp3) is 0.0455. The zero-order valence-corrected chi connectivity index (χ0v) is 18.0. The maximum atomic E-state index is 13.1. The standard InChI is InChI=1S/C22H13ClFNO4S2/c23-17-7-3-13(9-16(17)21(27)28)18-8-6-15(29-18)10-19-20(26)25(22(30)31-19)11-12-1-4-14(24)5-2-12/h1-10H,11H2,(H,27,28)/p-1/b19-10-. The van der Waals surface area contributed by atoms with E-state index in [9.17, 15) is 19.1 Å². The van der Waals surface area contributed by atoms with E-state index < -0.39 is 5.97 Å². The zero-order chi connectivity index (χ0) is 22.1. The summed E-state index contributed by atoms with van der Waals surface area (Å²) in [6.07, 6.45) is 1.57. The minimum atomic E-state index is -1.39. The lowest BCUT2D eigenvalue weighted by molar-refractivity contribution is -0.255. The summed E-state index contributed by atoms with van der Waals surface area (Å²) >= 11 is 12.3. The molecule has 2 heterocycles. The van der Waals surface area contributed by atoms with Crippen LogP contribution in [0.2, 0.25) is 5.02 Å². The monoisotopic (exact) mass is 472 g/mol. The van der Waals surface area contributed by atoms with Gasteiger partial charge in [-0.3, -0.25) is 9.69 Å². The van der Waals surface area contributed by atoms with Crippen LogP contribution in [0.4, 0.5) is 4.39 Å². The Labute approximate surface area is 191 Å². The van der Waals surface area contributed by atoms with E-state index in [2.05, 4.69) is 0 Å². The normalized spacial score (nSPS) is 15.2. The number of thioether (sulfide) groups is 1. The third kappa shape index (κ3) is 4.56. The van der Waals surface area contributed by atoms with Crippen LogP contribution in [0, 0.1) is 5.82 Å². The molecule has 0 bridgehead atoms. The number of hydrogen-bond donors (Lipinski definition) is 0. The molecule has 156 valence electrons. The van der Waals surface area contributed by atoms with E-state index in [-0.39, 0.29) is 28.9 Å². The molecule has 9 heteroatoms. The molecule has 1 fully saturated rings. The molecule has 0 aliphatic carbocycles. The quantitative estimate of drug-likeness (QED) is 0.402. The number of carboxylic acids is 1. The number of halogens is 2. The van der Waals surface area contributed by atoms with Crippen molar-refractivity contribution in [2.45, 2.75) is 6.54 Å². The molecule has 1 aliphatic rings. The molecule has 1 amide bonds. The highest BCUT2D eigenvalue weighted by atomic mass is 35.5. The number of benzene rings is 2. The van der Waals surface area contributed by atoms with Crippen molar-refractivity contribution >= 4 is 57.9 Å². The van der Waals surface area contributed by atoms with Gasteiger partial charge in [-0.1, -0.05) is 47.7 Å². The molecule has 1 saturated heterocycles. The topological polar surface area (TPSA) is 73.6 Å². The van der Waals surface area contributed by atoms with E-state index in [1.165, 1.54) is 29.2 Å². The summed E-state index contributed by atoms with van der Waals surface area (Å²) in [6.45, 7) is 0.239. The van der Waals surface area contributed by atoms with Gasteiger partial charge < -0.3 is 14.3 Å². The molecule has 31 heavy (non-hydrogen) atoms. The highest BCUT2D eigenvalue weighted by molar-refractivity contribution is 8.26. The Morgan fingerprint density at radius 1 is 1.19 bits per heavy atom. The Morgan fingerprint density at radius 2 is 1.94 bits per heavy atom. The van der Waals surface area contributed by atoms with E-state index in [0.717, 1.165) is 17.3 Å². The summed E-state index contributed by atoms with van der Waals surface area (Å²) < 4.78 is 19.2. The van der Waals surface area contributed by atoms with Gasteiger partial charge in [0.25, 0.3) is 5.91 Å². The Bertz CT molecular complexity index is 1240. The van der Waals surface area contributed by atoms with Crippen molar-refractivity contribution in [3.8, 4) is 11.3 Å². The Kier molecular flexibility index (Phi) is 5.95. The van der Waals surface area contributed by atoms with Crippen molar-refractivity contribution in [1.29, 1.82) is 0 Å². The number of furan rings is 1. The van der Waals surface area contributed by atoms with E-state index in [4.69, 9.17) is 28.2 Å². The first kappa shape index (κ1) is 21.3. The molecular weight excluding hydrogens is 461 g/mol. The molecule has 1 aliphatic heterocycles. The second kappa shape index (κ2) is 8.66. The van der Waals surface area contributed by atoms with Crippen LogP contribution in [0.5, 0.6) is 0 Å². The van der Waals surface area contributed by atoms with Gasteiger partial charge in [-0.05, 0) is 48.0 Å². The van der Waals surface area contributed by atoms with Crippen LogP contribution in [-0.2, 0) is 11.3 Å². The van der Waals surface area contributed by atoms with E-state index in [1.807, 2.05) is 0 Å². The Balaban J connectivity index is 1.55. The van der Waals surface area contributed by atoms with Crippen LogP contribution >= 0.6 is 35.6 Å². The number of rotatable bonds is 5. The summed E-state index contributed by atoms with van der Waals surface area (Å²) in [5.74, 6) is -1.20. The molecule has 5 nitrogen and oxygen atoms in total. The highest BCUT2D eigenvalue weighted by Crippen LogP contribution is 2.35. The molecule has 0 N–H and O–H groups in total. The fourth-order valence-corrected chi connectivity index (χ4v) is 4.39. The van der Waals surface area contributed by atoms with Crippen LogP contribution < -0.4 is 5.11 Å². The first-order chi connectivity index (χ1) is 14.8. The maximum Gasteiger partial charge on any atom is 0.266 e. The van der Waals surface area contributed by atoms with Crippen LogP contribution in [0.15, 0.2) is 63.9 Å². The van der Waals surface area contributed by atoms with Gasteiger partial charge in [0.05, 0.1) is 17.4 Å². The van der Waals surface area contributed by atoms with Crippen molar-refractivity contribution in [2.24, 2.45) is 0 Å². The molecule has 2 aromatic carbocycles. The van der Waals surface area contributed by atoms with Gasteiger partial charge in [0, 0.05) is 22.2 Å². The summed E-state index contributed by atoms with van der Waals surface area (Å²) in [5, 5.41) is 11.2. The Morgan fingerprint density at radius 3 is 2.65 bits per heavy atom. The van der Waals surface area contributed by atoms with Crippen LogP contribution in [0.3, 0.4) is 0 Å². The predicted octanol–water partition coefficient (Wildman–Crippen LogP) is 4.50. The second-order valence-electron chi connectivity index (χ2n) is 6.58. The fourth-order valence-electron chi connectivity index (χ4n) is 2.96. The van der Waals surface area contributed by atoms with Gasteiger partial charge in [-0.25, -0.2) is 4.39 Å². The number of hydrogen-bond acceptors (Lipinski definition) is 6. The van der Waals surface area contributed by atoms with E-state index >= 15 is 0 Å². The smallest absolute Gasteiger partial charge is 0.266 e. The van der Waals surface area contributed by atoms with Gasteiger partial charge in [-0.2, -0.15) is 0 Å². The molecule has 0 spiro atoms. The highest BCUT2D eigenvalue weighted by Gasteiger charge is 2.32. The minimum Gasteiger partial charge on any atom is -0.545 e. The number of carbonyl (C=O) groups is 2. The van der Waals surface area contributed by atoms with Gasteiger partial charge in [0.1, 0.15) is 21.7 Å². The van der Waals surface area contributed by atoms with Crippen molar-refractivity contribution in [2.75, 3.05) is 0 Å². The second-order valence-corrected chi connectivity index (χ2v) is 8.66. The lowest BCUT2D eigenvalue weighted by Gasteiger charge is -2.14. The summed E-state index contributed by atoms with van der Waals surface area (Å²) in [5.41, 5.74) is 1.12. The maximum absolute atomic E-state index is 13.1. The Hall–Kier alpha value is -2.94. The number of thiocarbonyl (C=S) groups is 1. The third-order valence-electron chi connectivity index (χ3n) is 4.50. The molecule has 0 radical (unpaired) electrons. The zero-order valence-electron chi connectivity index (χ0n) is 15.6. The molecule has 0 saturated carbocycles. The molecular formula is C22H12ClFNO4S2-. The van der Waals surface area contributed by atoms with Crippen LogP contribution in [0.1, 0.15) is 21.7 Å². The average Bonchev–Trinajstić information content (AvgIpc) is 3.30. The van der Waals surface area contributed by atoms with Crippen molar-refractivity contribution in [1.82, 2.24) is 4.90 Å². The SMILES string of the molecule is O=C([O-])c1cc(-c2ccc(/C=C3\SC(=S)N(Cc4ccc(F)cc4)C3=O)o2)ccc1Cl. The summed E-state index contributed by atoms with van der Waals surface area (Å²) in [7, 11) is 0. The molecule has 0 unspecified atom stereocenters. The van der Waals surface area contributed by atoms with Crippen molar-refractivity contribution in [3.05, 3.63) is 87.2 Å². The van der Waals surface area contributed by atoms with Crippen molar-refractivity contribution < 1.29 is 23.5 Å². The van der Waals surface area contributed by atoms with Crippen LogP contribution in [0.25, 0.3) is 17.4 Å². The number of carboxylic acid groups (broad SMARTS) is 1. The number of amides is 1. The van der Waals surface area contributed by atoms with Crippen LogP contribution in [-0.4, -0.2) is 21.1 Å². The van der Waals surface area contributed by atoms with Gasteiger partial charge in [0.2, 0.25) is 0 Å². The van der Waals surface area contributed by atoms with Gasteiger partial charge in [0.15, 0.2) is 0 Å². The number of aromatic carboxylic acids is 1. The molecule has 1 aromatic heterocycles. The summed E-state index contributed by atoms with van der Waals surface area (Å²) in [6, 6.07) is 13.6. The average molecular weight is 473 g/mol. The van der Waals surface area contributed by atoms with Gasteiger partial charge >= 0.3 is 0 Å². The summed E-state index contributed by atoms with van der Waals surface area (Å²) in [4.78, 5) is 25.8. The molecule has 3 aromatic rings.